The van der Waals surface area contributed by atoms with E-state index in [-0.39, 0.29) is 22.9 Å². The molecule has 2 fully saturated rings. The average Bonchev–Trinajstić information content (AvgIpc) is 2.86. The topological polar surface area (TPSA) is 49.4 Å². The third-order valence-electron chi connectivity index (χ3n) is 4.12. The molecule has 1 aromatic rings. The van der Waals surface area contributed by atoms with Crippen LogP contribution in [0, 0.1) is 17.6 Å². The molecule has 0 aliphatic carbocycles. The van der Waals surface area contributed by atoms with E-state index in [0.29, 0.717) is 12.6 Å². The van der Waals surface area contributed by atoms with E-state index in [9.17, 15) is 17.2 Å². The molecule has 3 unspecified atom stereocenters. The molecule has 20 heavy (non-hydrogen) atoms. The Kier molecular flexibility index (Phi) is 3.30. The van der Waals surface area contributed by atoms with Crippen LogP contribution in [0.5, 0.6) is 0 Å². The zero-order valence-electron chi connectivity index (χ0n) is 11.0. The summed E-state index contributed by atoms with van der Waals surface area (Å²) in [6, 6.07) is 2.15. The molecule has 7 heteroatoms. The molecule has 0 bridgehead atoms. The van der Waals surface area contributed by atoms with Crippen LogP contribution in [0.3, 0.4) is 0 Å². The average molecular weight is 302 g/mol. The largest absolute Gasteiger partial charge is 0.315 e. The van der Waals surface area contributed by atoms with E-state index in [1.807, 2.05) is 6.92 Å². The van der Waals surface area contributed by atoms with Gasteiger partial charge in [0.2, 0.25) is 10.0 Å². The summed E-state index contributed by atoms with van der Waals surface area (Å²) >= 11 is 0. The summed E-state index contributed by atoms with van der Waals surface area (Å²) in [5.74, 6) is -1.48. The highest BCUT2D eigenvalue weighted by molar-refractivity contribution is 7.89. The molecule has 0 saturated carbocycles. The smallest absolute Gasteiger partial charge is 0.243 e. The first kappa shape index (κ1) is 13.9. The van der Waals surface area contributed by atoms with Crippen molar-refractivity contribution in [2.24, 2.45) is 5.92 Å². The summed E-state index contributed by atoms with van der Waals surface area (Å²) in [5, 5.41) is 3.17. The van der Waals surface area contributed by atoms with Crippen LogP contribution < -0.4 is 5.32 Å². The summed E-state index contributed by atoms with van der Waals surface area (Å²) in [6.07, 6.45) is 0.773. The number of hydrogen-bond donors (Lipinski definition) is 1. The van der Waals surface area contributed by atoms with Crippen LogP contribution in [0.15, 0.2) is 23.1 Å². The van der Waals surface area contributed by atoms with E-state index < -0.39 is 21.7 Å². The van der Waals surface area contributed by atoms with Gasteiger partial charge in [-0.25, -0.2) is 17.2 Å². The number of nitrogens with one attached hydrogen (secondary N) is 1. The van der Waals surface area contributed by atoms with E-state index in [0.717, 1.165) is 25.1 Å². The van der Waals surface area contributed by atoms with Crippen LogP contribution in [0.1, 0.15) is 13.3 Å². The second kappa shape index (κ2) is 4.75. The van der Waals surface area contributed by atoms with E-state index in [2.05, 4.69) is 5.32 Å². The van der Waals surface area contributed by atoms with Gasteiger partial charge in [-0.15, -0.1) is 0 Å². The normalized spacial score (nSPS) is 30.6. The van der Waals surface area contributed by atoms with Crippen molar-refractivity contribution in [1.82, 2.24) is 9.62 Å². The van der Waals surface area contributed by atoms with Crippen molar-refractivity contribution in [3.8, 4) is 0 Å². The highest BCUT2D eigenvalue weighted by Crippen LogP contribution is 2.36. The number of fused-ring (bicyclic) bond motifs is 1. The number of benzene rings is 1. The fourth-order valence-corrected chi connectivity index (χ4v) is 5.27. The first-order valence-electron chi connectivity index (χ1n) is 6.60. The Balaban J connectivity index is 2.03. The Hall–Kier alpha value is -1.05. The maximum atomic E-state index is 13.3. The summed E-state index contributed by atoms with van der Waals surface area (Å²) in [5.41, 5.74) is 0. The van der Waals surface area contributed by atoms with Crippen molar-refractivity contribution >= 4 is 10.0 Å². The molecule has 2 aliphatic rings. The maximum absolute atomic E-state index is 13.3. The van der Waals surface area contributed by atoms with Crippen LogP contribution in [0.4, 0.5) is 8.78 Å². The van der Waals surface area contributed by atoms with E-state index in [4.69, 9.17) is 0 Å². The van der Waals surface area contributed by atoms with Gasteiger partial charge in [0.1, 0.15) is 11.6 Å². The molecule has 2 aliphatic heterocycles. The third kappa shape index (κ3) is 2.13. The SMILES string of the molecule is CC1CC2CNCC2N1S(=O)(=O)c1cc(F)cc(F)c1. The Morgan fingerprint density at radius 2 is 1.85 bits per heavy atom. The lowest BCUT2D eigenvalue weighted by molar-refractivity contribution is 0.335. The van der Waals surface area contributed by atoms with Gasteiger partial charge >= 0.3 is 0 Å². The minimum atomic E-state index is -3.87. The summed E-state index contributed by atoms with van der Waals surface area (Å²) in [6.45, 7) is 3.22. The summed E-state index contributed by atoms with van der Waals surface area (Å²) in [4.78, 5) is -0.311. The van der Waals surface area contributed by atoms with Crippen LogP contribution in [-0.2, 0) is 10.0 Å². The second-order valence-electron chi connectivity index (χ2n) is 5.51. The number of nitrogens with zero attached hydrogens (tertiary/aromatic N) is 1. The lowest BCUT2D eigenvalue weighted by atomic mass is 10.0. The minimum Gasteiger partial charge on any atom is -0.315 e. The fraction of sp³-hybridized carbons (Fsp3) is 0.538. The standard InChI is InChI=1S/C13H16F2N2O2S/c1-8-2-9-6-16-7-13(9)17(8)20(18,19)12-4-10(14)3-11(15)5-12/h3-5,8-9,13,16H,2,6-7H2,1H3. The lowest BCUT2D eigenvalue weighted by Gasteiger charge is -2.26. The van der Waals surface area contributed by atoms with Gasteiger partial charge in [-0.2, -0.15) is 4.31 Å². The Labute approximate surface area is 116 Å². The number of sulfonamides is 1. The van der Waals surface area contributed by atoms with E-state index in [1.165, 1.54) is 4.31 Å². The first-order chi connectivity index (χ1) is 9.39. The van der Waals surface area contributed by atoms with Crippen LogP contribution in [-0.4, -0.2) is 37.9 Å². The van der Waals surface area contributed by atoms with Crippen LogP contribution >= 0.6 is 0 Å². The monoisotopic (exact) mass is 302 g/mol. The van der Waals surface area contributed by atoms with E-state index >= 15 is 0 Å². The molecule has 1 aromatic carbocycles. The van der Waals surface area contributed by atoms with Crippen molar-refractivity contribution in [1.29, 1.82) is 0 Å². The molecule has 2 heterocycles. The van der Waals surface area contributed by atoms with Gasteiger partial charge in [0, 0.05) is 24.7 Å². The molecular formula is C13H16F2N2O2S. The fourth-order valence-electron chi connectivity index (χ4n) is 3.34. The van der Waals surface area contributed by atoms with Gasteiger partial charge in [-0.05, 0) is 37.9 Å². The van der Waals surface area contributed by atoms with Crippen molar-refractivity contribution in [3.05, 3.63) is 29.8 Å². The number of halogens is 2. The van der Waals surface area contributed by atoms with E-state index in [1.54, 1.807) is 0 Å². The Morgan fingerprint density at radius 3 is 2.50 bits per heavy atom. The van der Waals surface area contributed by atoms with Gasteiger partial charge in [-0.1, -0.05) is 0 Å². The van der Waals surface area contributed by atoms with Gasteiger partial charge in [-0.3, -0.25) is 0 Å². The molecule has 0 radical (unpaired) electrons. The number of rotatable bonds is 2. The zero-order chi connectivity index (χ0) is 14.5. The lowest BCUT2D eigenvalue weighted by Crippen LogP contribution is -2.42. The van der Waals surface area contributed by atoms with Crippen LogP contribution in [0.2, 0.25) is 0 Å². The summed E-state index contributed by atoms with van der Waals surface area (Å²) < 4.78 is 53.3. The Bertz CT molecular complexity index is 615. The molecule has 2 saturated heterocycles. The predicted molar refractivity (Wildman–Crippen MR) is 69.6 cm³/mol. The molecule has 0 aromatic heterocycles. The number of hydrogen-bond acceptors (Lipinski definition) is 3. The molecule has 4 nitrogen and oxygen atoms in total. The molecule has 110 valence electrons. The van der Waals surface area contributed by atoms with Crippen molar-refractivity contribution in [2.75, 3.05) is 13.1 Å². The maximum Gasteiger partial charge on any atom is 0.243 e. The minimum absolute atomic E-state index is 0.124. The highest BCUT2D eigenvalue weighted by atomic mass is 32.2. The van der Waals surface area contributed by atoms with Gasteiger partial charge in [0.15, 0.2) is 0 Å². The Morgan fingerprint density at radius 1 is 1.20 bits per heavy atom. The van der Waals surface area contributed by atoms with Crippen molar-refractivity contribution < 1.29 is 17.2 Å². The molecular weight excluding hydrogens is 286 g/mol. The van der Waals surface area contributed by atoms with Gasteiger partial charge in [0.05, 0.1) is 4.90 Å². The first-order valence-corrected chi connectivity index (χ1v) is 8.04. The van der Waals surface area contributed by atoms with Crippen molar-refractivity contribution in [2.45, 2.75) is 30.3 Å². The van der Waals surface area contributed by atoms with Crippen LogP contribution in [0.25, 0.3) is 0 Å². The molecule has 1 N–H and O–H groups in total. The zero-order valence-corrected chi connectivity index (χ0v) is 11.8. The highest BCUT2D eigenvalue weighted by Gasteiger charge is 2.47. The molecule has 3 atom stereocenters. The third-order valence-corrected chi connectivity index (χ3v) is 6.14. The second-order valence-corrected chi connectivity index (χ2v) is 7.35. The quantitative estimate of drug-likeness (QED) is 0.897. The summed E-state index contributed by atoms with van der Waals surface area (Å²) in [7, 11) is -3.87. The van der Waals surface area contributed by atoms with Gasteiger partial charge in [0.25, 0.3) is 0 Å². The van der Waals surface area contributed by atoms with Crippen molar-refractivity contribution in [3.63, 3.8) is 0 Å². The molecule has 0 amide bonds. The molecule has 0 spiro atoms. The molecule has 3 rings (SSSR count). The van der Waals surface area contributed by atoms with Gasteiger partial charge < -0.3 is 5.32 Å². The predicted octanol–water partition coefficient (Wildman–Crippen LogP) is 1.34.